The molecule has 0 radical (unpaired) electrons. The molecule has 1 N–H and O–H groups in total. The van der Waals surface area contributed by atoms with Gasteiger partial charge in [0.2, 0.25) is 0 Å². The summed E-state index contributed by atoms with van der Waals surface area (Å²) in [4.78, 5) is 12.5. The predicted octanol–water partition coefficient (Wildman–Crippen LogP) is 4.28. The zero-order valence-corrected chi connectivity index (χ0v) is 12.1. The van der Waals surface area contributed by atoms with Gasteiger partial charge < -0.3 is 5.11 Å². The van der Waals surface area contributed by atoms with Crippen LogP contribution >= 0.6 is 0 Å². The van der Waals surface area contributed by atoms with E-state index in [1.807, 2.05) is 6.07 Å². The molecule has 3 aliphatic rings. The van der Waals surface area contributed by atoms with Gasteiger partial charge in [-0.05, 0) is 66.5 Å². The van der Waals surface area contributed by atoms with Crippen LogP contribution in [-0.4, -0.2) is 10.9 Å². The van der Waals surface area contributed by atoms with E-state index in [9.17, 15) is 9.90 Å². The van der Waals surface area contributed by atoms with E-state index in [1.165, 1.54) is 37.7 Å². The smallest absolute Gasteiger partial charge is 0.163 e. The van der Waals surface area contributed by atoms with Crippen LogP contribution in [0.1, 0.15) is 67.3 Å². The van der Waals surface area contributed by atoms with E-state index in [-0.39, 0.29) is 11.5 Å². The summed E-state index contributed by atoms with van der Waals surface area (Å²) in [5.41, 5.74) is 2.47. The first kappa shape index (κ1) is 12.4. The van der Waals surface area contributed by atoms with Crippen LogP contribution in [0.15, 0.2) is 18.2 Å². The summed E-state index contributed by atoms with van der Waals surface area (Å²) in [6.07, 6.45) is 7.19. The van der Waals surface area contributed by atoms with Crippen molar-refractivity contribution in [2.75, 3.05) is 0 Å². The Morgan fingerprint density at radius 1 is 1.25 bits per heavy atom. The van der Waals surface area contributed by atoms with Crippen molar-refractivity contribution in [1.82, 2.24) is 0 Å². The minimum atomic E-state index is 0.220. The maximum absolute atomic E-state index is 12.5. The Bertz CT molecular complexity index is 577. The topological polar surface area (TPSA) is 37.3 Å². The number of carbonyl (C=O) groups excluding carboxylic acids is 1. The first-order valence-electron chi connectivity index (χ1n) is 7.95. The van der Waals surface area contributed by atoms with E-state index in [4.69, 9.17) is 0 Å². The van der Waals surface area contributed by atoms with Crippen LogP contribution in [0.3, 0.4) is 0 Å². The second-order valence-electron chi connectivity index (χ2n) is 7.36. The lowest BCUT2D eigenvalue weighted by Crippen LogP contribution is -2.41. The van der Waals surface area contributed by atoms with Crippen molar-refractivity contribution in [3.05, 3.63) is 29.3 Å². The molecule has 20 heavy (non-hydrogen) atoms. The van der Waals surface area contributed by atoms with Crippen molar-refractivity contribution in [2.45, 2.75) is 51.4 Å². The summed E-state index contributed by atoms with van der Waals surface area (Å²) >= 11 is 0. The highest BCUT2D eigenvalue weighted by Crippen LogP contribution is 2.60. The molecule has 0 unspecified atom stereocenters. The second kappa shape index (κ2) is 4.09. The first-order chi connectivity index (χ1) is 9.58. The fourth-order valence-corrected chi connectivity index (χ4v) is 5.38. The van der Waals surface area contributed by atoms with E-state index in [0.717, 1.165) is 11.5 Å². The van der Waals surface area contributed by atoms with Crippen molar-refractivity contribution in [1.29, 1.82) is 0 Å². The molecule has 0 saturated heterocycles. The van der Waals surface area contributed by atoms with E-state index in [1.54, 1.807) is 12.1 Å². The Labute approximate surface area is 120 Å². The maximum Gasteiger partial charge on any atom is 0.163 e. The van der Waals surface area contributed by atoms with Crippen LogP contribution in [0, 0.1) is 17.3 Å². The lowest BCUT2D eigenvalue weighted by atomic mass is 9.55. The largest absolute Gasteiger partial charge is 0.508 e. The molecule has 2 saturated carbocycles. The molecular weight excluding hydrogens is 248 g/mol. The van der Waals surface area contributed by atoms with Gasteiger partial charge in [0.05, 0.1) is 0 Å². The second-order valence-corrected chi connectivity index (χ2v) is 7.36. The monoisotopic (exact) mass is 270 g/mol. The Hall–Kier alpha value is -1.31. The summed E-state index contributed by atoms with van der Waals surface area (Å²) in [7, 11) is 0. The fraction of sp³-hybridized carbons (Fsp3) is 0.611. The van der Waals surface area contributed by atoms with Gasteiger partial charge in [0.15, 0.2) is 5.78 Å². The molecule has 0 aliphatic heterocycles. The molecule has 4 rings (SSSR count). The van der Waals surface area contributed by atoms with Gasteiger partial charge in [-0.3, -0.25) is 4.79 Å². The van der Waals surface area contributed by atoms with Crippen molar-refractivity contribution in [3.8, 4) is 5.75 Å². The summed E-state index contributed by atoms with van der Waals surface area (Å²) in [5, 5.41) is 9.64. The van der Waals surface area contributed by atoms with E-state index in [0.29, 0.717) is 23.7 Å². The molecule has 1 aromatic rings. The normalized spacial score (nSPS) is 39.0. The lowest BCUT2D eigenvalue weighted by Gasteiger charge is -2.48. The molecule has 4 atom stereocenters. The maximum atomic E-state index is 12.5. The van der Waals surface area contributed by atoms with E-state index >= 15 is 0 Å². The zero-order valence-electron chi connectivity index (χ0n) is 12.1. The van der Waals surface area contributed by atoms with Crippen molar-refractivity contribution in [3.63, 3.8) is 0 Å². The van der Waals surface area contributed by atoms with Gasteiger partial charge in [-0.1, -0.05) is 19.4 Å². The molecule has 2 fully saturated rings. The molecule has 3 aliphatic carbocycles. The Morgan fingerprint density at radius 3 is 2.95 bits per heavy atom. The number of ketones is 1. The van der Waals surface area contributed by atoms with Gasteiger partial charge in [-0.25, -0.2) is 0 Å². The third kappa shape index (κ3) is 1.60. The van der Waals surface area contributed by atoms with Crippen LogP contribution < -0.4 is 0 Å². The predicted molar refractivity (Wildman–Crippen MR) is 78.0 cm³/mol. The molecule has 2 nitrogen and oxygen atoms in total. The fourth-order valence-electron chi connectivity index (χ4n) is 5.38. The Morgan fingerprint density at radius 2 is 2.10 bits per heavy atom. The molecular formula is C18H22O2. The standard InChI is InChI=1S/C18H22O2/c1-18-7-2-3-16(18)14-10-17(20)15-9-11(19)4-5-12(15)13(14)6-8-18/h4-5,9,13-14,16,19H,2-3,6-8,10H2,1H3/t13-,14-,16+,18+/m1/s1. The molecule has 0 spiro atoms. The van der Waals surface area contributed by atoms with Gasteiger partial charge in [0.1, 0.15) is 5.75 Å². The number of hydrogen-bond donors (Lipinski definition) is 1. The lowest BCUT2D eigenvalue weighted by molar-refractivity contribution is 0.0527. The first-order valence-corrected chi connectivity index (χ1v) is 7.95. The third-order valence-electron chi connectivity index (χ3n) is 6.38. The van der Waals surface area contributed by atoms with E-state index < -0.39 is 0 Å². The Kier molecular flexibility index (Phi) is 2.55. The Balaban J connectivity index is 1.78. The number of Topliss-reactive ketones (excluding diaryl/α,β-unsaturated/α-hetero) is 1. The van der Waals surface area contributed by atoms with Crippen LogP contribution in [0.2, 0.25) is 0 Å². The van der Waals surface area contributed by atoms with Gasteiger partial charge in [0, 0.05) is 12.0 Å². The van der Waals surface area contributed by atoms with Crippen LogP contribution in [0.25, 0.3) is 0 Å². The summed E-state index contributed by atoms with van der Waals surface area (Å²) in [5.74, 6) is 2.28. The molecule has 0 aromatic heterocycles. The highest BCUT2D eigenvalue weighted by molar-refractivity contribution is 5.99. The molecule has 106 valence electrons. The highest BCUT2D eigenvalue weighted by Gasteiger charge is 2.51. The van der Waals surface area contributed by atoms with Crippen molar-refractivity contribution < 1.29 is 9.90 Å². The molecule has 1 aromatic carbocycles. The van der Waals surface area contributed by atoms with Crippen molar-refractivity contribution in [2.24, 2.45) is 17.3 Å². The number of phenolic OH excluding ortho intramolecular Hbond substituents is 1. The minimum absolute atomic E-state index is 0.220. The van der Waals surface area contributed by atoms with Gasteiger partial charge in [-0.15, -0.1) is 0 Å². The highest BCUT2D eigenvalue weighted by atomic mass is 16.3. The number of phenols is 1. The number of rotatable bonds is 0. The third-order valence-corrected chi connectivity index (χ3v) is 6.38. The average Bonchev–Trinajstić information content (AvgIpc) is 2.81. The van der Waals surface area contributed by atoms with Gasteiger partial charge in [-0.2, -0.15) is 0 Å². The molecule has 2 heteroatoms. The quantitative estimate of drug-likeness (QED) is 0.764. The number of aromatic hydroxyl groups is 1. The van der Waals surface area contributed by atoms with Gasteiger partial charge >= 0.3 is 0 Å². The van der Waals surface area contributed by atoms with Crippen LogP contribution in [0.4, 0.5) is 0 Å². The average molecular weight is 270 g/mol. The number of hydrogen-bond acceptors (Lipinski definition) is 2. The summed E-state index contributed by atoms with van der Waals surface area (Å²) < 4.78 is 0. The van der Waals surface area contributed by atoms with Gasteiger partial charge in [0.25, 0.3) is 0 Å². The molecule has 0 heterocycles. The summed E-state index contributed by atoms with van der Waals surface area (Å²) in [6, 6.07) is 5.42. The number of fused-ring (bicyclic) bond motifs is 5. The number of benzene rings is 1. The minimum Gasteiger partial charge on any atom is -0.508 e. The van der Waals surface area contributed by atoms with Crippen molar-refractivity contribution >= 4 is 5.78 Å². The van der Waals surface area contributed by atoms with E-state index in [2.05, 4.69) is 6.92 Å². The van der Waals surface area contributed by atoms with Crippen LogP contribution in [-0.2, 0) is 0 Å². The molecule has 0 amide bonds. The SMILES string of the molecule is C[C@@]12CCC[C@H]1[C@@H]1CC(=O)c3cc(O)ccc3[C@H]1CC2. The zero-order chi connectivity index (χ0) is 13.9. The number of carbonyl (C=O) groups is 1. The summed E-state index contributed by atoms with van der Waals surface area (Å²) in [6.45, 7) is 2.44. The van der Waals surface area contributed by atoms with Crippen LogP contribution in [0.5, 0.6) is 5.75 Å². The molecule has 0 bridgehead atoms.